The van der Waals surface area contributed by atoms with Gasteiger partial charge in [-0.2, -0.15) is 0 Å². The summed E-state index contributed by atoms with van der Waals surface area (Å²) >= 11 is 5.67. The Hall–Kier alpha value is -2.34. The number of hydrogen-bond donors (Lipinski definition) is 0. The average Bonchev–Trinajstić information content (AvgIpc) is 2.62. The van der Waals surface area contributed by atoms with Crippen molar-refractivity contribution in [2.75, 3.05) is 13.1 Å². The fraction of sp³-hybridized carbons (Fsp3) is 0.400. The van der Waals surface area contributed by atoms with Gasteiger partial charge in [-0.3, -0.25) is 4.79 Å². The second-order valence-electron chi connectivity index (χ2n) is 6.67. The van der Waals surface area contributed by atoms with Crippen LogP contribution in [0.5, 0.6) is 5.75 Å². The van der Waals surface area contributed by atoms with E-state index >= 15 is 0 Å². The summed E-state index contributed by atoms with van der Waals surface area (Å²) in [4.78, 5) is 25.6. The van der Waals surface area contributed by atoms with Gasteiger partial charge in [0.15, 0.2) is 0 Å². The van der Waals surface area contributed by atoms with E-state index < -0.39 is 11.4 Å². The highest BCUT2D eigenvalue weighted by Gasteiger charge is 2.24. The minimum absolute atomic E-state index is 0.0411. The van der Waals surface area contributed by atoms with Crippen molar-refractivity contribution in [3.05, 3.63) is 62.9 Å². The summed E-state index contributed by atoms with van der Waals surface area (Å²) < 4.78 is 24.2. The van der Waals surface area contributed by atoms with Crippen LogP contribution < -0.4 is 10.4 Å². The Kier molecular flexibility index (Phi) is 6.16. The molecule has 27 heavy (non-hydrogen) atoms. The SMILES string of the molecule is Cc1cc(OC2CCN(C(=O)CCc3ccc(Cl)c(F)c3)CC2)cc(=O)o1. The number of carbonyl (C=O) groups is 1. The van der Waals surface area contributed by atoms with Crippen molar-refractivity contribution in [3.63, 3.8) is 0 Å². The molecule has 0 atom stereocenters. The summed E-state index contributed by atoms with van der Waals surface area (Å²) in [6, 6.07) is 7.62. The van der Waals surface area contributed by atoms with E-state index in [-0.39, 0.29) is 17.0 Å². The normalized spacial score (nSPS) is 15.0. The minimum Gasteiger partial charge on any atom is -0.490 e. The van der Waals surface area contributed by atoms with Crippen LogP contribution in [0.3, 0.4) is 0 Å². The molecule has 0 spiro atoms. The Morgan fingerprint density at radius 3 is 2.70 bits per heavy atom. The van der Waals surface area contributed by atoms with Crippen LogP contribution in [0.25, 0.3) is 0 Å². The van der Waals surface area contributed by atoms with Crippen LogP contribution in [0.2, 0.25) is 5.02 Å². The number of hydrogen-bond acceptors (Lipinski definition) is 4. The molecule has 1 fully saturated rings. The summed E-state index contributed by atoms with van der Waals surface area (Å²) in [5.74, 6) is 0.576. The lowest BCUT2D eigenvalue weighted by Crippen LogP contribution is -2.41. The quantitative estimate of drug-likeness (QED) is 0.776. The zero-order valence-corrected chi connectivity index (χ0v) is 15.8. The van der Waals surface area contributed by atoms with Gasteiger partial charge in [0.1, 0.15) is 23.4 Å². The molecule has 5 nitrogen and oxygen atoms in total. The summed E-state index contributed by atoms with van der Waals surface area (Å²) in [6.45, 7) is 2.89. The molecule has 1 aliphatic rings. The van der Waals surface area contributed by atoms with Gasteiger partial charge in [0.2, 0.25) is 5.91 Å². The number of aryl methyl sites for hydroxylation is 2. The van der Waals surface area contributed by atoms with E-state index in [1.165, 1.54) is 18.2 Å². The molecule has 2 heterocycles. The van der Waals surface area contributed by atoms with E-state index in [0.717, 1.165) is 5.56 Å². The van der Waals surface area contributed by atoms with Gasteiger partial charge in [-0.05, 0) is 31.0 Å². The molecule has 0 N–H and O–H groups in total. The molecule has 0 bridgehead atoms. The first-order valence-electron chi connectivity index (χ1n) is 8.91. The van der Waals surface area contributed by atoms with Gasteiger partial charge >= 0.3 is 5.63 Å². The van der Waals surface area contributed by atoms with Crippen molar-refractivity contribution in [3.8, 4) is 5.75 Å². The lowest BCUT2D eigenvalue weighted by molar-refractivity contribution is -0.132. The van der Waals surface area contributed by atoms with E-state index in [2.05, 4.69) is 0 Å². The molecule has 0 saturated carbocycles. The van der Waals surface area contributed by atoms with Gasteiger partial charge < -0.3 is 14.1 Å². The lowest BCUT2D eigenvalue weighted by atomic mass is 10.1. The van der Waals surface area contributed by atoms with Gasteiger partial charge in [0, 0.05) is 38.4 Å². The van der Waals surface area contributed by atoms with Gasteiger partial charge in [-0.25, -0.2) is 9.18 Å². The summed E-state index contributed by atoms with van der Waals surface area (Å²) in [5.41, 5.74) is 0.318. The van der Waals surface area contributed by atoms with Crippen LogP contribution >= 0.6 is 11.6 Å². The van der Waals surface area contributed by atoms with E-state index in [1.54, 1.807) is 24.0 Å². The predicted molar refractivity (Wildman–Crippen MR) is 99.7 cm³/mol. The smallest absolute Gasteiger partial charge is 0.339 e. The molecule has 3 rings (SSSR count). The van der Waals surface area contributed by atoms with Crippen LogP contribution in [0.15, 0.2) is 39.5 Å². The summed E-state index contributed by atoms with van der Waals surface area (Å²) in [5, 5.41) is 0.0820. The molecule has 0 unspecified atom stereocenters. The molecule has 0 aliphatic carbocycles. The molecule has 7 heteroatoms. The second kappa shape index (κ2) is 8.57. The Bertz CT molecular complexity index is 875. The lowest BCUT2D eigenvalue weighted by Gasteiger charge is -2.32. The molecule has 1 amide bonds. The zero-order chi connectivity index (χ0) is 19.4. The van der Waals surface area contributed by atoms with Crippen LogP contribution in [-0.2, 0) is 11.2 Å². The molecule has 144 valence electrons. The Labute approximate surface area is 161 Å². The fourth-order valence-corrected chi connectivity index (χ4v) is 3.28. The van der Waals surface area contributed by atoms with E-state index in [0.29, 0.717) is 50.3 Å². The number of piperidine rings is 1. The Morgan fingerprint density at radius 1 is 1.30 bits per heavy atom. The fourth-order valence-electron chi connectivity index (χ4n) is 3.16. The van der Waals surface area contributed by atoms with Crippen molar-refractivity contribution in [2.24, 2.45) is 0 Å². The molecule has 1 saturated heterocycles. The minimum atomic E-state index is -0.468. The van der Waals surface area contributed by atoms with Crippen LogP contribution in [0.1, 0.15) is 30.6 Å². The third-order valence-corrected chi connectivity index (χ3v) is 4.88. The average molecular weight is 394 g/mol. The van der Waals surface area contributed by atoms with E-state index in [4.69, 9.17) is 20.8 Å². The molecule has 2 aromatic rings. The van der Waals surface area contributed by atoms with Gasteiger partial charge in [-0.15, -0.1) is 0 Å². The number of ether oxygens (including phenoxy) is 1. The number of rotatable bonds is 5. The highest BCUT2D eigenvalue weighted by molar-refractivity contribution is 6.30. The van der Waals surface area contributed by atoms with E-state index in [1.807, 2.05) is 0 Å². The molecular formula is C20H21ClFNO4. The first-order chi connectivity index (χ1) is 12.9. The molecule has 1 aromatic heterocycles. The first-order valence-corrected chi connectivity index (χ1v) is 9.28. The number of nitrogens with zero attached hydrogens (tertiary/aromatic N) is 1. The van der Waals surface area contributed by atoms with Crippen LogP contribution in [0.4, 0.5) is 4.39 Å². The topological polar surface area (TPSA) is 59.8 Å². The van der Waals surface area contributed by atoms with Crippen LogP contribution in [0, 0.1) is 12.7 Å². The predicted octanol–water partition coefficient (Wildman–Crippen LogP) is 3.74. The molecule has 1 aliphatic heterocycles. The highest BCUT2D eigenvalue weighted by Crippen LogP contribution is 2.20. The third kappa shape index (κ3) is 5.32. The number of halogens is 2. The highest BCUT2D eigenvalue weighted by atomic mass is 35.5. The van der Waals surface area contributed by atoms with Crippen molar-refractivity contribution in [1.29, 1.82) is 0 Å². The van der Waals surface area contributed by atoms with Gasteiger partial charge in [0.05, 0.1) is 11.1 Å². The summed E-state index contributed by atoms with van der Waals surface area (Å²) in [6.07, 6.45) is 2.15. The van der Waals surface area contributed by atoms with E-state index in [9.17, 15) is 14.0 Å². The maximum absolute atomic E-state index is 13.5. The molecule has 1 aromatic carbocycles. The van der Waals surface area contributed by atoms with Crippen molar-refractivity contribution in [1.82, 2.24) is 4.90 Å². The number of likely N-dealkylation sites (tertiary alicyclic amines) is 1. The van der Waals surface area contributed by atoms with Crippen LogP contribution in [-0.4, -0.2) is 30.0 Å². The van der Waals surface area contributed by atoms with Crippen molar-refractivity contribution in [2.45, 2.75) is 38.7 Å². The maximum atomic E-state index is 13.5. The number of benzene rings is 1. The largest absolute Gasteiger partial charge is 0.490 e. The zero-order valence-electron chi connectivity index (χ0n) is 15.0. The second-order valence-corrected chi connectivity index (χ2v) is 7.08. The summed E-state index contributed by atoms with van der Waals surface area (Å²) in [7, 11) is 0. The van der Waals surface area contributed by atoms with Gasteiger partial charge in [-0.1, -0.05) is 17.7 Å². The maximum Gasteiger partial charge on any atom is 0.339 e. The monoisotopic (exact) mass is 393 g/mol. The number of carbonyl (C=O) groups excluding carboxylic acids is 1. The third-order valence-electron chi connectivity index (χ3n) is 4.58. The molecule has 0 radical (unpaired) electrons. The van der Waals surface area contributed by atoms with Crippen molar-refractivity contribution < 1.29 is 18.3 Å². The number of amides is 1. The Morgan fingerprint density at radius 2 is 2.04 bits per heavy atom. The molecular weight excluding hydrogens is 373 g/mol. The van der Waals surface area contributed by atoms with Gasteiger partial charge in [0.25, 0.3) is 0 Å². The first kappa shape index (κ1) is 19.4. The van der Waals surface area contributed by atoms with Crippen molar-refractivity contribution >= 4 is 17.5 Å². The Balaban J connectivity index is 1.47. The standard InChI is InChI=1S/C20H21ClFNO4/c1-13-10-16(12-20(25)26-13)27-15-6-8-23(9-7-15)19(24)5-3-14-2-4-17(21)18(22)11-14/h2,4,10-12,15H,3,5-9H2,1H3.